The lowest BCUT2D eigenvalue weighted by atomic mass is 9.62. The van der Waals surface area contributed by atoms with Crippen LogP contribution in [0.25, 0.3) is 0 Å². The van der Waals surface area contributed by atoms with E-state index in [2.05, 4.69) is 13.8 Å². The van der Waals surface area contributed by atoms with Crippen molar-refractivity contribution >= 4 is 5.97 Å². The van der Waals surface area contributed by atoms with E-state index in [1.165, 1.54) is 12.8 Å². The average molecular weight is 266 g/mol. The number of ether oxygens (including phenoxy) is 3. The fourth-order valence-electron chi connectivity index (χ4n) is 4.93. The first-order chi connectivity index (χ1) is 9.08. The van der Waals surface area contributed by atoms with E-state index >= 15 is 0 Å². The van der Waals surface area contributed by atoms with Gasteiger partial charge in [-0.2, -0.15) is 0 Å². The third-order valence-electron chi connectivity index (χ3n) is 5.59. The van der Waals surface area contributed by atoms with Crippen molar-refractivity contribution in [3.8, 4) is 0 Å². The van der Waals surface area contributed by atoms with Gasteiger partial charge >= 0.3 is 5.97 Å². The smallest absolute Gasteiger partial charge is 0.338 e. The van der Waals surface area contributed by atoms with Crippen LogP contribution in [0, 0.1) is 23.7 Å². The van der Waals surface area contributed by atoms with Crippen LogP contribution < -0.4 is 0 Å². The van der Waals surface area contributed by atoms with E-state index in [0.717, 1.165) is 24.7 Å². The Hall–Kier alpha value is -0.610. The van der Waals surface area contributed by atoms with Crippen LogP contribution in [-0.4, -0.2) is 30.6 Å². The highest BCUT2D eigenvalue weighted by Crippen LogP contribution is 2.55. The minimum Gasteiger partial charge on any atom is -0.461 e. The normalized spacial score (nSPS) is 56.2. The third kappa shape index (κ3) is 1.62. The fraction of sp³-hybridized carbons (Fsp3) is 0.933. The first kappa shape index (κ1) is 12.2. The summed E-state index contributed by atoms with van der Waals surface area (Å²) in [6.45, 7) is 4.91. The van der Waals surface area contributed by atoms with Crippen molar-refractivity contribution in [2.45, 2.75) is 57.5 Å². The average Bonchev–Trinajstić information content (AvgIpc) is 2.88. The highest BCUT2D eigenvalue weighted by Gasteiger charge is 2.62. The zero-order chi connectivity index (χ0) is 13.2. The summed E-state index contributed by atoms with van der Waals surface area (Å²) < 4.78 is 17.5. The third-order valence-corrected chi connectivity index (χ3v) is 5.59. The van der Waals surface area contributed by atoms with Gasteiger partial charge in [-0.3, -0.25) is 0 Å². The zero-order valence-electron chi connectivity index (χ0n) is 11.6. The van der Waals surface area contributed by atoms with E-state index in [9.17, 15) is 4.79 Å². The summed E-state index contributed by atoms with van der Waals surface area (Å²) in [5.74, 6) is 1.63. The molecular formula is C15H22O4. The summed E-state index contributed by atoms with van der Waals surface area (Å²) in [6, 6.07) is 0. The Labute approximate surface area is 113 Å². The standard InChI is InChI=1S/C15H22O4/c1-8-3-10-5-9(2)15(11(4-8)6-10)18-12-7-17-14(16)13(12)19-15/h8-13H,3-7H2,1-2H3. The minimum absolute atomic E-state index is 0.177. The quantitative estimate of drug-likeness (QED) is 0.630. The van der Waals surface area contributed by atoms with Gasteiger partial charge < -0.3 is 14.2 Å². The molecule has 19 heavy (non-hydrogen) atoms. The molecule has 4 fully saturated rings. The van der Waals surface area contributed by atoms with Gasteiger partial charge in [0, 0.05) is 11.8 Å². The van der Waals surface area contributed by atoms with Crippen molar-refractivity contribution in [3.05, 3.63) is 0 Å². The Morgan fingerprint density at radius 1 is 1.11 bits per heavy atom. The van der Waals surface area contributed by atoms with Gasteiger partial charge in [0.1, 0.15) is 12.7 Å². The molecule has 2 saturated heterocycles. The molecule has 2 saturated carbocycles. The zero-order valence-corrected chi connectivity index (χ0v) is 11.6. The molecule has 2 aliphatic carbocycles. The van der Waals surface area contributed by atoms with Crippen molar-refractivity contribution < 1.29 is 19.0 Å². The van der Waals surface area contributed by atoms with Gasteiger partial charge in [-0.1, -0.05) is 13.8 Å². The van der Waals surface area contributed by atoms with Crippen LogP contribution >= 0.6 is 0 Å². The lowest BCUT2D eigenvalue weighted by Crippen LogP contribution is -2.53. The van der Waals surface area contributed by atoms with Gasteiger partial charge in [0.2, 0.25) is 0 Å². The van der Waals surface area contributed by atoms with Gasteiger partial charge in [0.25, 0.3) is 0 Å². The molecule has 0 radical (unpaired) electrons. The van der Waals surface area contributed by atoms with E-state index in [1.807, 2.05) is 0 Å². The van der Waals surface area contributed by atoms with E-state index in [-0.39, 0.29) is 12.1 Å². The number of rotatable bonds is 0. The van der Waals surface area contributed by atoms with Crippen LogP contribution in [0.15, 0.2) is 0 Å². The van der Waals surface area contributed by atoms with E-state index < -0.39 is 11.9 Å². The predicted octanol–water partition coefficient (Wildman–Crippen LogP) is 2.12. The topological polar surface area (TPSA) is 44.8 Å². The highest BCUT2D eigenvalue weighted by atomic mass is 16.8. The Morgan fingerprint density at radius 3 is 2.74 bits per heavy atom. The molecule has 0 amide bonds. The largest absolute Gasteiger partial charge is 0.461 e. The summed E-state index contributed by atoms with van der Waals surface area (Å²) in [5, 5.41) is 0. The Balaban J connectivity index is 1.64. The second-order valence-corrected chi connectivity index (χ2v) is 7.06. The van der Waals surface area contributed by atoms with Crippen molar-refractivity contribution in [2.75, 3.05) is 6.61 Å². The number of carbonyl (C=O) groups excluding carboxylic acids is 1. The van der Waals surface area contributed by atoms with Crippen LogP contribution in [0.1, 0.15) is 39.5 Å². The molecule has 2 heterocycles. The molecule has 4 aliphatic rings. The SMILES string of the molecule is CC1CC2CC(C)C3(OC4COC(=O)C4O3)C(C1)C2. The van der Waals surface area contributed by atoms with Gasteiger partial charge in [0.15, 0.2) is 11.9 Å². The lowest BCUT2D eigenvalue weighted by molar-refractivity contribution is -0.277. The molecular weight excluding hydrogens is 244 g/mol. The molecule has 0 N–H and O–H groups in total. The summed E-state index contributed by atoms with van der Waals surface area (Å²) in [5.41, 5.74) is 0. The van der Waals surface area contributed by atoms with Crippen LogP contribution in [0.4, 0.5) is 0 Å². The molecule has 2 aliphatic heterocycles. The Kier molecular flexibility index (Phi) is 2.53. The van der Waals surface area contributed by atoms with Crippen molar-refractivity contribution in [3.63, 3.8) is 0 Å². The number of carbonyl (C=O) groups is 1. The molecule has 2 bridgehead atoms. The van der Waals surface area contributed by atoms with Crippen LogP contribution in [0.3, 0.4) is 0 Å². The van der Waals surface area contributed by atoms with E-state index in [0.29, 0.717) is 18.4 Å². The predicted molar refractivity (Wildman–Crippen MR) is 67.2 cm³/mol. The maximum Gasteiger partial charge on any atom is 0.338 e. The van der Waals surface area contributed by atoms with Crippen molar-refractivity contribution in [1.29, 1.82) is 0 Å². The van der Waals surface area contributed by atoms with Gasteiger partial charge in [-0.15, -0.1) is 0 Å². The highest BCUT2D eigenvalue weighted by molar-refractivity contribution is 5.78. The summed E-state index contributed by atoms with van der Waals surface area (Å²) in [7, 11) is 0. The number of fused-ring (bicyclic) bond motifs is 4. The number of hydrogen-bond donors (Lipinski definition) is 0. The molecule has 0 aromatic rings. The van der Waals surface area contributed by atoms with E-state index in [4.69, 9.17) is 14.2 Å². The summed E-state index contributed by atoms with van der Waals surface area (Å²) >= 11 is 0. The summed E-state index contributed by atoms with van der Waals surface area (Å²) in [4.78, 5) is 11.7. The fourth-order valence-corrected chi connectivity index (χ4v) is 4.93. The second kappa shape index (κ2) is 3.95. The molecule has 1 spiro atoms. The molecule has 106 valence electrons. The molecule has 0 aromatic carbocycles. The van der Waals surface area contributed by atoms with E-state index in [1.54, 1.807) is 0 Å². The van der Waals surface area contributed by atoms with Gasteiger partial charge in [-0.25, -0.2) is 4.79 Å². The van der Waals surface area contributed by atoms with Crippen molar-refractivity contribution in [2.24, 2.45) is 23.7 Å². The minimum atomic E-state index is -0.514. The number of esters is 1. The maximum atomic E-state index is 11.7. The number of hydrogen-bond acceptors (Lipinski definition) is 4. The number of cyclic esters (lactones) is 1. The van der Waals surface area contributed by atoms with Crippen molar-refractivity contribution in [1.82, 2.24) is 0 Å². The molecule has 4 rings (SSSR count). The maximum absolute atomic E-state index is 11.7. The Morgan fingerprint density at radius 2 is 1.95 bits per heavy atom. The van der Waals surface area contributed by atoms with Crippen LogP contribution in [0.2, 0.25) is 0 Å². The van der Waals surface area contributed by atoms with Crippen LogP contribution in [-0.2, 0) is 19.0 Å². The first-order valence-electron chi connectivity index (χ1n) is 7.60. The second-order valence-electron chi connectivity index (χ2n) is 7.06. The lowest BCUT2D eigenvalue weighted by Gasteiger charge is -2.51. The first-order valence-corrected chi connectivity index (χ1v) is 7.60. The molecule has 4 nitrogen and oxygen atoms in total. The molecule has 4 heteroatoms. The molecule has 7 atom stereocenters. The molecule has 0 aromatic heterocycles. The van der Waals surface area contributed by atoms with Crippen LogP contribution in [0.5, 0.6) is 0 Å². The monoisotopic (exact) mass is 266 g/mol. The molecule has 7 unspecified atom stereocenters. The van der Waals surface area contributed by atoms with Gasteiger partial charge in [0.05, 0.1) is 0 Å². The summed E-state index contributed by atoms with van der Waals surface area (Å²) in [6.07, 6.45) is 4.21. The van der Waals surface area contributed by atoms with Gasteiger partial charge in [-0.05, 0) is 37.5 Å². The Bertz CT molecular complexity index is 405.